The zero-order valence-corrected chi connectivity index (χ0v) is 11.1. The molecule has 0 aliphatic heterocycles. The summed E-state index contributed by atoms with van der Waals surface area (Å²) in [5, 5.41) is 9.01. The van der Waals surface area contributed by atoms with E-state index in [4.69, 9.17) is 19.3 Å². The molecule has 1 N–H and O–H groups in total. The predicted molar refractivity (Wildman–Crippen MR) is 63.6 cm³/mol. The minimum atomic E-state index is -0.422. The lowest BCUT2D eigenvalue weighted by Crippen LogP contribution is -2.27. The van der Waals surface area contributed by atoms with Gasteiger partial charge in [-0.15, -0.1) is 0 Å². The monoisotopic (exact) mass is 234 g/mol. The molecular formula is C12H26O4. The molecule has 0 bridgehead atoms. The summed E-state index contributed by atoms with van der Waals surface area (Å²) in [6.07, 6.45) is -0.112. The molecule has 98 valence electrons. The summed E-state index contributed by atoms with van der Waals surface area (Å²) in [5.41, 5.74) is 0. The SMILES string of the molecule is CC(C)OC[C@@H](C)O[C@@H](C)COC[C@@H](C)O. The Balaban J connectivity index is 3.50. The van der Waals surface area contributed by atoms with Crippen LogP contribution in [0.4, 0.5) is 0 Å². The predicted octanol–water partition coefficient (Wildman–Crippen LogP) is 1.60. The van der Waals surface area contributed by atoms with Crippen molar-refractivity contribution in [1.29, 1.82) is 0 Å². The molecule has 0 rings (SSSR count). The Labute approximate surface area is 98.9 Å². The van der Waals surface area contributed by atoms with Gasteiger partial charge in [-0.05, 0) is 34.6 Å². The van der Waals surface area contributed by atoms with Crippen molar-refractivity contribution in [2.45, 2.75) is 59.0 Å². The number of hydrogen-bond donors (Lipinski definition) is 1. The fourth-order valence-corrected chi connectivity index (χ4v) is 1.21. The van der Waals surface area contributed by atoms with E-state index in [1.165, 1.54) is 0 Å². The molecular weight excluding hydrogens is 208 g/mol. The fraction of sp³-hybridized carbons (Fsp3) is 1.00. The first-order chi connectivity index (χ1) is 7.41. The van der Waals surface area contributed by atoms with Crippen LogP contribution in [0.3, 0.4) is 0 Å². The third-order valence-corrected chi connectivity index (χ3v) is 1.84. The van der Waals surface area contributed by atoms with Crippen molar-refractivity contribution in [2.24, 2.45) is 0 Å². The molecule has 0 aromatic rings. The summed E-state index contributed by atoms with van der Waals surface area (Å²) in [6, 6.07) is 0. The molecule has 0 aliphatic rings. The van der Waals surface area contributed by atoms with Crippen LogP contribution in [0.15, 0.2) is 0 Å². The maximum atomic E-state index is 9.01. The zero-order valence-electron chi connectivity index (χ0n) is 11.1. The zero-order chi connectivity index (χ0) is 12.6. The number of rotatable bonds is 9. The highest BCUT2D eigenvalue weighted by Crippen LogP contribution is 2.01. The second-order valence-corrected chi connectivity index (χ2v) is 4.53. The molecule has 4 heteroatoms. The first-order valence-electron chi connectivity index (χ1n) is 5.94. The van der Waals surface area contributed by atoms with Crippen LogP contribution in [0.2, 0.25) is 0 Å². The summed E-state index contributed by atoms with van der Waals surface area (Å²) in [7, 11) is 0. The van der Waals surface area contributed by atoms with E-state index in [1.54, 1.807) is 6.92 Å². The number of hydrogen-bond acceptors (Lipinski definition) is 4. The van der Waals surface area contributed by atoms with Gasteiger partial charge in [-0.25, -0.2) is 0 Å². The van der Waals surface area contributed by atoms with Crippen LogP contribution in [0.5, 0.6) is 0 Å². The van der Waals surface area contributed by atoms with Gasteiger partial charge >= 0.3 is 0 Å². The highest BCUT2D eigenvalue weighted by molar-refractivity contribution is 4.55. The van der Waals surface area contributed by atoms with Crippen LogP contribution in [0, 0.1) is 0 Å². The molecule has 0 saturated carbocycles. The Morgan fingerprint density at radius 3 is 1.94 bits per heavy atom. The van der Waals surface area contributed by atoms with Crippen molar-refractivity contribution in [1.82, 2.24) is 0 Å². The standard InChI is InChI=1S/C12H26O4/c1-9(2)15-8-12(5)16-11(4)7-14-6-10(3)13/h9-13H,6-8H2,1-5H3/t10-,11+,12-/m1/s1. The second kappa shape index (κ2) is 8.93. The van der Waals surface area contributed by atoms with Gasteiger partial charge < -0.3 is 19.3 Å². The molecule has 0 aromatic carbocycles. The normalized spacial score (nSPS) is 17.4. The summed E-state index contributed by atoms with van der Waals surface area (Å²) in [5.74, 6) is 0. The van der Waals surface area contributed by atoms with Gasteiger partial charge in [0.05, 0.1) is 44.2 Å². The number of aliphatic hydroxyl groups excluding tert-OH is 1. The van der Waals surface area contributed by atoms with E-state index >= 15 is 0 Å². The smallest absolute Gasteiger partial charge is 0.0785 e. The van der Waals surface area contributed by atoms with Crippen molar-refractivity contribution in [3.8, 4) is 0 Å². The third-order valence-electron chi connectivity index (χ3n) is 1.84. The first-order valence-corrected chi connectivity index (χ1v) is 5.94. The quantitative estimate of drug-likeness (QED) is 0.658. The van der Waals surface area contributed by atoms with E-state index in [-0.39, 0.29) is 18.3 Å². The van der Waals surface area contributed by atoms with Crippen molar-refractivity contribution in [3.05, 3.63) is 0 Å². The van der Waals surface area contributed by atoms with Crippen LogP contribution in [-0.2, 0) is 14.2 Å². The first kappa shape index (κ1) is 15.8. The van der Waals surface area contributed by atoms with Gasteiger partial charge in [-0.1, -0.05) is 0 Å². The molecule has 0 fully saturated rings. The fourth-order valence-electron chi connectivity index (χ4n) is 1.21. The van der Waals surface area contributed by atoms with Crippen molar-refractivity contribution in [2.75, 3.05) is 19.8 Å². The largest absolute Gasteiger partial charge is 0.391 e. The Morgan fingerprint density at radius 1 is 0.875 bits per heavy atom. The average Bonchev–Trinajstić information content (AvgIpc) is 2.14. The van der Waals surface area contributed by atoms with E-state index in [2.05, 4.69) is 0 Å². The van der Waals surface area contributed by atoms with E-state index in [0.29, 0.717) is 19.8 Å². The van der Waals surface area contributed by atoms with Crippen molar-refractivity contribution < 1.29 is 19.3 Å². The molecule has 0 aromatic heterocycles. The van der Waals surface area contributed by atoms with Crippen LogP contribution < -0.4 is 0 Å². The summed E-state index contributed by atoms with van der Waals surface area (Å²) >= 11 is 0. The Morgan fingerprint density at radius 2 is 1.44 bits per heavy atom. The van der Waals surface area contributed by atoms with Gasteiger partial charge in [-0.3, -0.25) is 0 Å². The van der Waals surface area contributed by atoms with Gasteiger partial charge in [0.1, 0.15) is 0 Å². The van der Waals surface area contributed by atoms with Gasteiger partial charge in [0, 0.05) is 0 Å². The summed E-state index contributed by atoms with van der Waals surface area (Å²) in [4.78, 5) is 0. The minimum absolute atomic E-state index is 0.0181. The van der Waals surface area contributed by atoms with Gasteiger partial charge in [-0.2, -0.15) is 0 Å². The lowest BCUT2D eigenvalue weighted by molar-refractivity contribution is -0.0851. The lowest BCUT2D eigenvalue weighted by Gasteiger charge is -2.20. The molecule has 16 heavy (non-hydrogen) atoms. The van der Waals surface area contributed by atoms with E-state index in [0.717, 1.165) is 0 Å². The molecule has 0 radical (unpaired) electrons. The highest BCUT2D eigenvalue weighted by Gasteiger charge is 2.10. The molecule has 0 aliphatic carbocycles. The summed E-state index contributed by atoms with van der Waals surface area (Å²) < 4.78 is 16.4. The van der Waals surface area contributed by atoms with Crippen LogP contribution in [-0.4, -0.2) is 49.3 Å². The maximum absolute atomic E-state index is 9.01. The molecule has 0 spiro atoms. The van der Waals surface area contributed by atoms with E-state index in [1.807, 2.05) is 27.7 Å². The topological polar surface area (TPSA) is 47.9 Å². The molecule has 4 nitrogen and oxygen atoms in total. The molecule has 3 atom stereocenters. The van der Waals surface area contributed by atoms with Crippen molar-refractivity contribution >= 4 is 0 Å². The number of aliphatic hydroxyl groups is 1. The third kappa shape index (κ3) is 10.4. The Bertz CT molecular complexity index is 159. The molecule has 0 saturated heterocycles. The van der Waals surface area contributed by atoms with Crippen LogP contribution >= 0.6 is 0 Å². The van der Waals surface area contributed by atoms with Crippen LogP contribution in [0.1, 0.15) is 34.6 Å². The lowest BCUT2D eigenvalue weighted by atomic mass is 10.3. The van der Waals surface area contributed by atoms with E-state index < -0.39 is 6.10 Å². The number of ether oxygens (including phenoxy) is 3. The molecule has 0 heterocycles. The maximum Gasteiger partial charge on any atom is 0.0785 e. The van der Waals surface area contributed by atoms with Gasteiger partial charge in [0.2, 0.25) is 0 Å². The average molecular weight is 234 g/mol. The second-order valence-electron chi connectivity index (χ2n) is 4.53. The van der Waals surface area contributed by atoms with Gasteiger partial charge in [0.15, 0.2) is 0 Å². The Hall–Kier alpha value is -0.160. The minimum Gasteiger partial charge on any atom is -0.391 e. The van der Waals surface area contributed by atoms with Crippen molar-refractivity contribution in [3.63, 3.8) is 0 Å². The highest BCUT2D eigenvalue weighted by atomic mass is 16.6. The summed E-state index contributed by atoms with van der Waals surface area (Å²) in [6.45, 7) is 11.1. The van der Waals surface area contributed by atoms with Gasteiger partial charge in [0.25, 0.3) is 0 Å². The van der Waals surface area contributed by atoms with E-state index in [9.17, 15) is 0 Å². The Kier molecular flexibility index (Phi) is 8.84. The molecule has 0 amide bonds. The van der Waals surface area contributed by atoms with Crippen LogP contribution in [0.25, 0.3) is 0 Å². The molecule has 0 unspecified atom stereocenters.